The van der Waals surface area contributed by atoms with E-state index in [1.807, 2.05) is 0 Å². The van der Waals surface area contributed by atoms with E-state index < -0.39 is 0 Å². The van der Waals surface area contributed by atoms with Crippen molar-refractivity contribution in [1.82, 2.24) is 10.3 Å². The molecule has 0 saturated carbocycles. The highest BCUT2D eigenvalue weighted by Gasteiger charge is 2.15. The molecule has 0 radical (unpaired) electrons. The number of furan rings is 1. The molecule has 2 heterocycles. The summed E-state index contributed by atoms with van der Waals surface area (Å²) in [6.45, 7) is 3.78. The van der Waals surface area contributed by atoms with Gasteiger partial charge >= 0.3 is 0 Å². The van der Waals surface area contributed by atoms with E-state index in [2.05, 4.69) is 10.3 Å². The molecule has 0 unspecified atom stereocenters. The fraction of sp³-hybridized carbons (Fsp3) is 0.273. The molecule has 2 aromatic rings. The maximum atomic E-state index is 11.7. The van der Waals surface area contributed by atoms with Crippen molar-refractivity contribution >= 4 is 5.91 Å². The van der Waals surface area contributed by atoms with Crippen LogP contribution in [0.4, 0.5) is 0 Å². The van der Waals surface area contributed by atoms with Crippen LogP contribution < -0.4 is 5.32 Å². The van der Waals surface area contributed by atoms with E-state index in [1.54, 1.807) is 32.2 Å². The van der Waals surface area contributed by atoms with Gasteiger partial charge in [0.2, 0.25) is 5.76 Å². The Hall–Kier alpha value is -2.04. The largest absolute Gasteiger partial charge is 0.467 e. The van der Waals surface area contributed by atoms with E-state index in [4.69, 9.17) is 8.83 Å². The summed E-state index contributed by atoms with van der Waals surface area (Å²) in [5.74, 6) is 1.15. The van der Waals surface area contributed by atoms with Gasteiger partial charge in [0.05, 0.1) is 18.5 Å². The lowest BCUT2D eigenvalue weighted by Gasteiger charge is -2.00. The van der Waals surface area contributed by atoms with Crippen LogP contribution in [-0.2, 0) is 6.54 Å². The average Bonchev–Trinajstić information content (AvgIpc) is 2.84. The molecule has 5 heteroatoms. The lowest BCUT2D eigenvalue weighted by atomic mass is 10.3. The van der Waals surface area contributed by atoms with Gasteiger partial charge in [-0.15, -0.1) is 0 Å². The summed E-state index contributed by atoms with van der Waals surface area (Å²) in [5.41, 5.74) is 0.592. The lowest BCUT2D eigenvalue weighted by Crippen LogP contribution is -2.22. The summed E-state index contributed by atoms with van der Waals surface area (Å²) in [7, 11) is 0. The number of nitrogens with one attached hydrogen (secondary N) is 1. The molecule has 16 heavy (non-hydrogen) atoms. The second-order valence-corrected chi connectivity index (χ2v) is 3.41. The predicted octanol–water partition coefficient (Wildman–Crippen LogP) is 1.81. The van der Waals surface area contributed by atoms with Gasteiger partial charge in [0.25, 0.3) is 5.91 Å². The zero-order valence-corrected chi connectivity index (χ0v) is 9.11. The molecule has 1 N–H and O–H groups in total. The summed E-state index contributed by atoms with van der Waals surface area (Å²) < 4.78 is 10.3. The maximum Gasteiger partial charge on any atom is 0.289 e. The van der Waals surface area contributed by atoms with Gasteiger partial charge in [-0.1, -0.05) is 0 Å². The molecule has 0 aliphatic heterocycles. The Morgan fingerprint density at radius 2 is 2.31 bits per heavy atom. The van der Waals surface area contributed by atoms with Crippen LogP contribution in [0.3, 0.4) is 0 Å². The SMILES string of the molecule is Cc1nc(C)c(C(=O)NCc2ccco2)o1. The van der Waals surface area contributed by atoms with Crippen molar-refractivity contribution in [2.75, 3.05) is 0 Å². The van der Waals surface area contributed by atoms with Crippen LogP contribution in [0.5, 0.6) is 0 Å². The molecule has 0 fully saturated rings. The molecular weight excluding hydrogens is 208 g/mol. The van der Waals surface area contributed by atoms with E-state index in [1.165, 1.54) is 0 Å². The van der Waals surface area contributed by atoms with Crippen molar-refractivity contribution in [2.24, 2.45) is 0 Å². The standard InChI is InChI=1S/C11H12N2O3/c1-7-10(16-8(2)13-7)11(14)12-6-9-4-3-5-15-9/h3-5H,6H2,1-2H3,(H,12,14). The molecule has 0 aliphatic rings. The molecule has 2 rings (SSSR count). The van der Waals surface area contributed by atoms with Gasteiger partial charge in [-0.2, -0.15) is 0 Å². The van der Waals surface area contributed by atoms with Gasteiger partial charge in [-0.3, -0.25) is 4.79 Å². The minimum atomic E-state index is -0.283. The van der Waals surface area contributed by atoms with Crippen LogP contribution in [-0.4, -0.2) is 10.9 Å². The fourth-order valence-corrected chi connectivity index (χ4v) is 1.40. The van der Waals surface area contributed by atoms with Crippen molar-refractivity contribution < 1.29 is 13.6 Å². The fourth-order valence-electron chi connectivity index (χ4n) is 1.40. The van der Waals surface area contributed by atoms with Crippen molar-refractivity contribution in [1.29, 1.82) is 0 Å². The zero-order chi connectivity index (χ0) is 11.5. The van der Waals surface area contributed by atoms with Gasteiger partial charge in [0.1, 0.15) is 5.76 Å². The molecular formula is C11H12N2O3. The highest BCUT2D eigenvalue weighted by atomic mass is 16.4. The number of hydrogen-bond acceptors (Lipinski definition) is 4. The lowest BCUT2D eigenvalue weighted by molar-refractivity contribution is 0.0918. The van der Waals surface area contributed by atoms with E-state index in [0.29, 0.717) is 23.9 Å². The van der Waals surface area contributed by atoms with Crippen LogP contribution in [0.15, 0.2) is 27.2 Å². The van der Waals surface area contributed by atoms with Gasteiger partial charge < -0.3 is 14.2 Å². The van der Waals surface area contributed by atoms with Gasteiger partial charge in [-0.05, 0) is 19.1 Å². The third-order valence-corrected chi connectivity index (χ3v) is 2.11. The van der Waals surface area contributed by atoms with Crippen molar-refractivity contribution in [3.63, 3.8) is 0 Å². The molecule has 1 amide bonds. The Morgan fingerprint density at radius 3 is 2.88 bits per heavy atom. The number of nitrogens with zero attached hydrogens (tertiary/aromatic N) is 1. The first-order valence-electron chi connectivity index (χ1n) is 4.91. The number of carbonyl (C=O) groups excluding carboxylic acids is 1. The smallest absolute Gasteiger partial charge is 0.289 e. The molecule has 0 bridgehead atoms. The molecule has 0 atom stereocenters. The number of aromatic nitrogens is 1. The van der Waals surface area contributed by atoms with Crippen LogP contribution >= 0.6 is 0 Å². The van der Waals surface area contributed by atoms with Crippen LogP contribution in [0.25, 0.3) is 0 Å². The number of amides is 1. The number of carbonyl (C=O) groups is 1. The molecule has 0 aromatic carbocycles. The second-order valence-electron chi connectivity index (χ2n) is 3.41. The molecule has 0 spiro atoms. The van der Waals surface area contributed by atoms with Gasteiger partial charge in [0.15, 0.2) is 5.89 Å². The first kappa shape index (κ1) is 10.5. The third kappa shape index (κ3) is 2.13. The molecule has 2 aromatic heterocycles. The Balaban J connectivity index is 2.01. The quantitative estimate of drug-likeness (QED) is 0.856. The Kier molecular flexibility index (Phi) is 2.76. The topological polar surface area (TPSA) is 68.3 Å². The Labute approximate surface area is 92.5 Å². The summed E-state index contributed by atoms with van der Waals surface area (Å²) >= 11 is 0. The van der Waals surface area contributed by atoms with Gasteiger partial charge in [-0.25, -0.2) is 4.98 Å². The summed E-state index contributed by atoms with van der Waals surface area (Å²) in [4.78, 5) is 15.7. The summed E-state index contributed by atoms with van der Waals surface area (Å²) in [6.07, 6.45) is 1.56. The van der Waals surface area contributed by atoms with Crippen molar-refractivity contribution in [3.05, 3.63) is 41.5 Å². The van der Waals surface area contributed by atoms with Crippen LogP contribution in [0.1, 0.15) is 27.9 Å². The first-order valence-corrected chi connectivity index (χ1v) is 4.91. The number of oxazole rings is 1. The minimum absolute atomic E-state index is 0.254. The first-order chi connectivity index (χ1) is 7.66. The third-order valence-electron chi connectivity index (χ3n) is 2.11. The number of hydrogen-bond donors (Lipinski definition) is 1. The predicted molar refractivity (Wildman–Crippen MR) is 55.9 cm³/mol. The minimum Gasteiger partial charge on any atom is -0.467 e. The molecule has 84 valence electrons. The molecule has 0 aliphatic carbocycles. The highest BCUT2D eigenvalue weighted by Crippen LogP contribution is 2.09. The zero-order valence-electron chi connectivity index (χ0n) is 9.11. The maximum absolute atomic E-state index is 11.7. The van der Waals surface area contributed by atoms with Crippen LogP contribution in [0, 0.1) is 13.8 Å². The molecule has 5 nitrogen and oxygen atoms in total. The monoisotopic (exact) mass is 220 g/mol. The van der Waals surface area contributed by atoms with Gasteiger partial charge in [0, 0.05) is 6.92 Å². The van der Waals surface area contributed by atoms with E-state index in [-0.39, 0.29) is 11.7 Å². The van der Waals surface area contributed by atoms with E-state index in [9.17, 15) is 4.79 Å². The van der Waals surface area contributed by atoms with Crippen molar-refractivity contribution in [3.8, 4) is 0 Å². The van der Waals surface area contributed by atoms with Crippen LogP contribution in [0.2, 0.25) is 0 Å². The summed E-state index contributed by atoms with van der Waals surface area (Å²) in [6, 6.07) is 3.56. The van der Waals surface area contributed by atoms with Crippen molar-refractivity contribution in [2.45, 2.75) is 20.4 Å². The number of rotatable bonds is 3. The normalized spacial score (nSPS) is 10.4. The Morgan fingerprint density at radius 1 is 1.50 bits per heavy atom. The highest BCUT2D eigenvalue weighted by molar-refractivity contribution is 5.92. The Bertz CT molecular complexity index is 485. The second kappa shape index (κ2) is 4.22. The number of aryl methyl sites for hydroxylation is 2. The average molecular weight is 220 g/mol. The van der Waals surface area contributed by atoms with E-state index in [0.717, 1.165) is 0 Å². The van der Waals surface area contributed by atoms with E-state index >= 15 is 0 Å². The molecule has 0 saturated heterocycles. The summed E-state index contributed by atoms with van der Waals surface area (Å²) in [5, 5.41) is 2.69.